The van der Waals surface area contributed by atoms with Gasteiger partial charge in [-0.15, -0.1) is 11.8 Å². The van der Waals surface area contributed by atoms with Gasteiger partial charge in [-0.25, -0.2) is 0 Å². The first-order valence-electron chi connectivity index (χ1n) is 9.02. The highest BCUT2D eigenvalue weighted by Crippen LogP contribution is 2.17. The largest absolute Gasteiger partial charge is 0.496 e. The molecule has 0 aromatic heterocycles. The van der Waals surface area contributed by atoms with Gasteiger partial charge in [-0.3, -0.25) is 14.4 Å². The van der Waals surface area contributed by atoms with Crippen LogP contribution >= 0.6 is 11.8 Å². The second-order valence-corrected chi connectivity index (χ2v) is 7.22. The molecular formula is C21H24N2O5S. The molecule has 2 aromatic carbocycles. The molecule has 154 valence electrons. The van der Waals surface area contributed by atoms with Gasteiger partial charge in [0.25, 0.3) is 11.8 Å². The lowest BCUT2D eigenvalue weighted by atomic mass is 10.2. The summed E-state index contributed by atoms with van der Waals surface area (Å²) in [5, 5.41) is 5.13. The molecule has 0 aliphatic heterocycles. The van der Waals surface area contributed by atoms with E-state index >= 15 is 0 Å². The lowest BCUT2D eigenvalue weighted by Gasteiger charge is -2.09. The Morgan fingerprint density at radius 3 is 2.45 bits per heavy atom. The van der Waals surface area contributed by atoms with E-state index in [2.05, 4.69) is 10.6 Å². The SMILES string of the molecule is COc1ccccc1C(=O)NCC(=O)OCC(=O)NCCSc1ccc(C)cc1. The van der Waals surface area contributed by atoms with E-state index in [0.717, 1.165) is 4.90 Å². The molecule has 0 saturated heterocycles. The predicted molar refractivity (Wildman–Crippen MR) is 111 cm³/mol. The van der Waals surface area contributed by atoms with Crippen LogP contribution in [0.3, 0.4) is 0 Å². The summed E-state index contributed by atoms with van der Waals surface area (Å²) in [6.45, 7) is 1.76. The highest BCUT2D eigenvalue weighted by atomic mass is 32.2. The molecule has 0 fully saturated rings. The lowest BCUT2D eigenvalue weighted by molar-refractivity contribution is -0.147. The van der Waals surface area contributed by atoms with Crippen molar-refractivity contribution in [3.05, 3.63) is 59.7 Å². The molecule has 0 aliphatic carbocycles. The number of carbonyl (C=O) groups is 3. The Kier molecular flexibility index (Phi) is 9.04. The first-order valence-corrected chi connectivity index (χ1v) is 10.0. The molecule has 2 aromatic rings. The van der Waals surface area contributed by atoms with Crippen LogP contribution in [0.25, 0.3) is 0 Å². The van der Waals surface area contributed by atoms with Crippen molar-refractivity contribution in [1.82, 2.24) is 10.6 Å². The molecule has 0 unspecified atom stereocenters. The van der Waals surface area contributed by atoms with Gasteiger partial charge in [0.15, 0.2) is 6.61 Å². The fourth-order valence-corrected chi connectivity index (χ4v) is 3.09. The van der Waals surface area contributed by atoms with Gasteiger partial charge in [-0.2, -0.15) is 0 Å². The van der Waals surface area contributed by atoms with E-state index in [-0.39, 0.29) is 12.5 Å². The molecule has 0 radical (unpaired) electrons. The van der Waals surface area contributed by atoms with Crippen LogP contribution in [-0.4, -0.2) is 50.3 Å². The molecule has 0 atom stereocenters. The molecule has 0 saturated carbocycles. The van der Waals surface area contributed by atoms with Crippen LogP contribution in [0.4, 0.5) is 0 Å². The average molecular weight is 416 g/mol. The fraction of sp³-hybridized carbons (Fsp3) is 0.286. The Balaban J connectivity index is 1.61. The zero-order valence-corrected chi connectivity index (χ0v) is 17.2. The minimum atomic E-state index is -0.697. The molecule has 2 N–H and O–H groups in total. The number of aryl methyl sites for hydroxylation is 1. The van der Waals surface area contributed by atoms with E-state index in [0.29, 0.717) is 23.6 Å². The summed E-state index contributed by atoms with van der Waals surface area (Å²) in [4.78, 5) is 36.7. The van der Waals surface area contributed by atoms with E-state index in [1.807, 2.05) is 31.2 Å². The van der Waals surface area contributed by atoms with E-state index < -0.39 is 18.5 Å². The van der Waals surface area contributed by atoms with Gasteiger partial charge >= 0.3 is 5.97 Å². The van der Waals surface area contributed by atoms with Crippen molar-refractivity contribution in [2.45, 2.75) is 11.8 Å². The minimum absolute atomic E-state index is 0.312. The number of hydrogen-bond acceptors (Lipinski definition) is 6. The second kappa shape index (κ2) is 11.8. The van der Waals surface area contributed by atoms with E-state index in [9.17, 15) is 14.4 Å². The Bertz CT molecular complexity index is 839. The molecule has 0 heterocycles. The van der Waals surface area contributed by atoms with E-state index in [1.54, 1.807) is 36.0 Å². The van der Waals surface area contributed by atoms with E-state index in [4.69, 9.17) is 9.47 Å². The molecule has 0 bridgehead atoms. The Labute approximate surface area is 174 Å². The Morgan fingerprint density at radius 1 is 1.00 bits per heavy atom. The number of methoxy groups -OCH3 is 1. The number of hydrogen-bond donors (Lipinski definition) is 2. The average Bonchev–Trinajstić information content (AvgIpc) is 2.74. The van der Waals surface area contributed by atoms with Gasteiger partial charge in [0.1, 0.15) is 12.3 Å². The summed E-state index contributed by atoms with van der Waals surface area (Å²) in [7, 11) is 1.46. The van der Waals surface area contributed by atoms with Gasteiger partial charge in [0.2, 0.25) is 0 Å². The molecule has 0 spiro atoms. The lowest BCUT2D eigenvalue weighted by Crippen LogP contribution is -2.34. The van der Waals surface area contributed by atoms with Crippen LogP contribution in [0.2, 0.25) is 0 Å². The number of rotatable bonds is 10. The number of esters is 1. The molecule has 2 amide bonds. The van der Waals surface area contributed by atoms with Crippen LogP contribution in [-0.2, 0) is 14.3 Å². The number of amides is 2. The number of ether oxygens (including phenoxy) is 2. The highest BCUT2D eigenvalue weighted by Gasteiger charge is 2.13. The maximum absolute atomic E-state index is 12.1. The van der Waals surface area contributed by atoms with Crippen LogP contribution in [0.1, 0.15) is 15.9 Å². The molecule has 2 rings (SSSR count). The van der Waals surface area contributed by atoms with Crippen LogP contribution in [0, 0.1) is 6.92 Å². The summed E-state index contributed by atoms with van der Waals surface area (Å²) < 4.78 is 9.97. The monoisotopic (exact) mass is 416 g/mol. The fourth-order valence-electron chi connectivity index (χ4n) is 2.32. The summed E-state index contributed by atoms with van der Waals surface area (Å²) >= 11 is 1.63. The van der Waals surface area contributed by atoms with E-state index in [1.165, 1.54) is 12.7 Å². The Hall–Kier alpha value is -3.00. The van der Waals surface area contributed by atoms with Gasteiger partial charge in [-0.05, 0) is 31.2 Å². The van der Waals surface area contributed by atoms with Crippen molar-refractivity contribution in [2.75, 3.05) is 32.6 Å². The van der Waals surface area contributed by atoms with Gasteiger partial charge < -0.3 is 20.1 Å². The van der Waals surface area contributed by atoms with Crippen molar-refractivity contribution in [3.63, 3.8) is 0 Å². The third-order valence-electron chi connectivity index (χ3n) is 3.82. The van der Waals surface area contributed by atoms with Crippen molar-refractivity contribution < 1.29 is 23.9 Å². The highest BCUT2D eigenvalue weighted by molar-refractivity contribution is 7.99. The maximum atomic E-state index is 12.1. The minimum Gasteiger partial charge on any atom is -0.496 e. The number of benzene rings is 2. The van der Waals surface area contributed by atoms with Gasteiger partial charge in [0.05, 0.1) is 12.7 Å². The molecule has 7 nitrogen and oxygen atoms in total. The zero-order chi connectivity index (χ0) is 21.1. The van der Waals surface area contributed by atoms with Crippen molar-refractivity contribution in [2.24, 2.45) is 0 Å². The summed E-state index contributed by atoms with van der Waals surface area (Å²) in [5.41, 5.74) is 1.51. The van der Waals surface area contributed by atoms with Crippen molar-refractivity contribution in [3.8, 4) is 5.75 Å². The molecule has 8 heteroatoms. The number of para-hydroxylation sites is 1. The standard InChI is InChI=1S/C21H24N2O5S/c1-15-7-9-16(10-8-15)29-12-11-22-19(24)14-28-20(25)13-23-21(26)17-5-3-4-6-18(17)27-2/h3-10H,11-14H2,1-2H3,(H,22,24)(H,23,26). The Morgan fingerprint density at radius 2 is 1.72 bits per heavy atom. The van der Waals surface area contributed by atoms with Crippen molar-refractivity contribution >= 4 is 29.5 Å². The predicted octanol–water partition coefficient (Wildman–Crippen LogP) is 2.19. The topological polar surface area (TPSA) is 93.7 Å². The summed E-state index contributed by atoms with van der Waals surface area (Å²) in [6, 6.07) is 14.8. The number of carbonyl (C=O) groups excluding carboxylic acids is 3. The second-order valence-electron chi connectivity index (χ2n) is 6.06. The number of nitrogens with one attached hydrogen (secondary N) is 2. The summed E-state index contributed by atoms with van der Waals surface area (Å²) in [5.74, 6) is -0.438. The van der Waals surface area contributed by atoms with Crippen molar-refractivity contribution in [1.29, 1.82) is 0 Å². The number of thioether (sulfide) groups is 1. The first kappa shape index (κ1) is 22.3. The van der Waals surface area contributed by atoms with Gasteiger partial charge in [0, 0.05) is 17.2 Å². The zero-order valence-electron chi connectivity index (χ0n) is 16.4. The first-order chi connectivity index (χ1) is 14.0. The smallest absolute Gasteiger partial charge is 0.325 e. The molecule has 29 heavy (non-hydrogen) atoms. The van der Waals surface area contributed by atoms with Gasteiger partial charge in [-0.1, -0.05) is 29.8 Å². The van der Waals surface area contributed by atoms with Crippen LogP contribution in [0.5, 0.6) is 5.75 Å². The quantitative estimate of drug-likeness (QED) is 0.350. The van der Waals surface area contributed by atoms with Crippen LogP contribution in [0.15, 0.2) is 53.4 Å². The third kappa shape index (κ3) is 7.87. The summed E-state index contributed by atoms with van der Waals surface area (Å²) in [6.07, 6.45) is 0. The third-order valence-corrected chi connectivity index (χ3v) is 4.84. The van der Waals surface area contributed by atoms with Crippen LogP contribution < -0.4 is 15.4 Å². The molecule has 0 aliphatic rings. The maximum Gasteiger partial charge on any atom is 0.325 e. The molecular weight excluding hydrogens is 392 g/mol. The normalized spacial score (nSPS) is 10.1.